The van der Waals surface area contributed by atoms with Crippen molar-refractivity contribution in [3.8, 4) is 0 Å². The number of alkyl halides is 1. The van der Waals surface area contributed by atoms with Crippen molar-refractivity contribution in [2.45, 2.75) is 39.7 Å². The average molecular weight is 504 g/mol. The first-order chi connectivity index (χ1) is 15.1. The second-order valence-electron chi connectivity index (χ2n) is 9.31. The molecule has 1 unspecified atom stereocenters. The van der Waals surface area contributed by atoms with E-state index >= 15 is 0 Å². The number of amides is 1. The van der Waals surface area contributed by atoms with Crippen LogP contribution in [0.4, 0.5) is 4.79 Å². The predicted molar refractivity (Wildman–Crippen MR) is 131 cm³/mol. The highest BCUT2D eigenvalue weighted by molar-refractivity contribution is 9.09. The quantitative estimate of drug-likeness (QED) is 0.378. The number of aryl methyl sites for hydroxylation is 1. The van der Waals surface area contributed by atoms with Gasteiger partial charge in [0.25, 0.3) is 0 Å². The Labute approximate surface area is 200 Å². The maximum atomic E-state index is 12.8. The Bertz CT molecular complexity index is 900. The first-order valence-electron chi connectivity index (χ1n) is 10.7. The van der Waals surface area contributed by atoms with Crippen molar-refractivity contribution in [1.29, 1.82) is 0 Å². The van der Waals surface area contributed by atoms with Gasteiger partial charge >= 0.3 is 6.09 Å². The number of benzene rings is 2. The van der Waals surface area contributed by atoms with E-state index < -0.39 is 5.41 Å². The molecule has 0 heterocycles. The molecule has 0 bridgehead atoms. The van der Waals surface area contributed by atoms with Crippen LogP contribution in [0.1, 0.15) is 37.5 Å². The van der Waals surface area contributed by atoms with E-state index in [2.05, 4.69) is 15.9 Å². The van der Waals surface area contributed by atoms with Gasteiger partial charge in [0.05, 0.1) is 24.0 Å². The number of ether oxygens (including phenoxy) is 2. The van der Waals surface area contributed by atoms with Gasteiger partial charge in [-0.25, -0.2) is 4.79 Å². The van der Waals surface area contributed by atoms with Crippen LogP contribution in [0.5, 0.6) is 0 Å². The van der Waals surface area contributed by atoms with Crippen molar-refractivity contribution in [2.24, 2.45) is 5.41 Å². The summed E-state index contributed by atoms with van der Waals surface area (Å²) in [4.78, 5) is 26.7. The highest BCUT2D eigenvalue weighted by atomic mass is 79.9. The third kappa shape index (κ3) is 7.45. The fourth-order valence-electron chi connectivity index (χ4n) is 3.57. The molecule has 0 fully saturated rings. The van der Waals surface area contributed by atoms with E-state index in [1.165, 1.54) is 0 Å². The minimum Gasteiger partial charge on any atom is -0.445 e. The molecule has 2 rings (SSSR count). The Morgan fingerprint density at radius 1 is 1.00 bits per heavy atom. The van der Waals surface area contributed by atoms with Crippen LogP contribution in [0.2, 0.25) is 0 Å². The molecular weight excluding hydrogens is 470 g/mol. The molecular formula is C26H34BrNO4. The minimum atomic E-state index is -0.744. The van der Waals surface area contributed by atoms with Gasteiger partial charge in [0.1, 0.15) is 6.61 Å². The third-order valence-corrected chi connectivity index (χ3v) is 5.97. The monoisotopic (exact) mass is 503 g/mol. The molecule has 0 aliphatic heterocycles. The second-order valence-corrected chi connectivity index (χ2v) is 9.87. The molecule has 32 heavy (non-hydrogen) atoms. The number of hydrogen-bond acceptors (Lipinski definition) is 4. The Balaban J connectivity index is 1.92. The molecule has 2 aromatic rings. The van der Waals surface area contributed by atoms with E-state index in [4.69, 9.17) is 9.47 Å². The molecule has 0 saturated carbocycles. The Morgan fingerprint density at radius 3 is 2.31 bits per heavy atom. The zero-order valence-corrected chi connectivity index (χ0v) is 21.3. The fourth-order valence-corrected chi connectivity index (χ4v) is 4.19. The van der Waals surface area contributed by atoms with E-state index in [1.807, 2.05) is 82.3 Å². The van der Waals surface area contributed by atoms with Crippen LogP contribution >= 0.6 is 15.9 Å². The summed E-state index contributed by atoms with van der Waals surface area (Å²) < 4.78 is 11.5. The number of carbonyl (C=O) groups excluding carboxylic acids is 2. The molecule has 0 saturated heterocycles. The summed E-state index contributed by atoms with van der Waals surface area (Å²) in [6.07, 6.45) is -0.374. The fraction of sp³-hybridized carbons (Fsp3) is 0.462. The summed E-state index contributed by atoms with van der Waals surface area (Å²) in [5.74, 6) is 0.0718. The van der Waals surface area contributed by atoms with E-state index in [9.17, 15) is 9.59 Å². The molecule has 0 N–H and O–H groups in total. The van der Waals surface area contributed by atoms with Crippen LogP contribution in [0.15, 0.2) is 54.6 Å². The summed E-state index contributed by atoms with van der Waals surface area (Å²) in [7, 11) is 1.72. The molecule has 174 valence electrons. The molecule has 0 spiro atoms. The summed E-state index contributed by atoms with van der Waals surface area (Å²) >= 11 is 3.31. The van der Waals surface area contributed by atoms with Crippen molar-refractivity contribution >= 4 is 27.8 Å². The number of Topliss-reactive ketones (excluding diaryl/α,β-unsaturated/α-hetero) is 1. The van der Waals surface area contributed by atoms with Crippen molar-refractivity contribution < 1.29 is 19.1 Å². The van der Waals surface area contributed by atoms with Crippen molar-refractivity contribution in [3.63, 3.8) is 0 Å². The van der Waals surface area contributed by atoms with E-state index in [0.717, 1.165) is 16.7 Å². The molecule has 0 radical (unpaired) electrons. The highest BCUT2D eigenvalue weighted by Gasteiger charge is 2.35. The first-order valence-corrected chi connectivity index (χ1v) is 11.9. The molecule has 2 aromatic carbocycles. The number of nitrogens with zero attached hydrogens (tertiary/aromatic N) is 1. The smallest absolute Gasteiger partial charge is 0.409 e. The van der Waals surface area contributed by atoms with Crippen LogP contribution < -0.4 is 0 Å². The van der Waals surface area contributed by atoms with Gasteiger partial charge < -0.3 is 14.4 Å². The average Bonchev–Trinajstić information content (AvgIpc) is 2.76. The SMILES string of the molecule is Cc1cccc(C(C)(COCC(C)(C)CN(C)C(=O)OCc2ccccc2)C(=O)CBr)c1. The lowest BCUT2D eigenvalue weighted by Gasteiger charge is -2.33. The zero-order chi connectivity index (χ0) is 23.8. The molecule has 0 aliphatic rings. The van der Waals surface area contributed by atoms with Gasteiger partial charge in [0.2, 0.25) is 0 Å². The molecule has 0 aromatic heterocycles. The Morgan fingerprint density at radius 2 is 1.69 bits per heavy atom. The summed E-state index contributed by atoms with van der Waals surface area (Å²) in [5.41, 5.74) is 1.94. The lowest BCUT2D eigenvalue weighted by molar-refractivity contribution is -0.124. The number of ketones is 1. The highest BCUT2D eigenvalue weighted by Crippen LogP contribution is 2.28. The van der Waals surface area contributed by atoms with Crippen LogP contribution in [-0.4, -0.2) is 48.9 Å². The molecule has 1 amide bonds. The standard InChI is InChI=1S/C26H34BrNO4/c1-20-10-9-13-22(14-20)26(4,23(29)15-27)19-31-18-25(2,3)17-28(5)24(30)32-16-21-11-7-6-8-12-21/h6-14H,15-19H2,1-5H3. The zero-order valence-electron chi connectivity index (χ0n) is 19.7. The lowest BCUT2D eigenvalue weighted by Crippen LogP contribution is -2.42. The maximum absolute atomic E-state index is 12.8. The summed E-state index contributed by atoms with van der Waals surface area (Å²) in [5, 5.41) is 0.264. The van der Waals surface area contributed by atoms with Gasteiger partial charge in [0.15, 0.2) is 5.78 Å². The molecule has 1 atom stereocenters. The maximum Gasteiger partial charge on any atom is 0.409 e. The van der Waals surface area contributed by atoms with E-state index in [1.54, 1.807) is 11.9 Å². The van der Waals surface area contributed by atoms with Crippen LogP contribution in [0, 0.1) is 12.3 Å². The van der Waals surface area contributed by atoms with Crippen LogP contribution in [-0.2, 0) is 26.3 Å². The number of carbonyl (C=O) groups is 2. The second kappa shape index (κ2) is 11.6. The van der Waals surface area contributed by atoms with Gasteiger partial charge in [-0.15, -0.1) is 0 Å². The summed E-state index contributed by atoms with van der Waals surface area (Å²) in [6, 6.07) is 17.6. The topological polar surface area (TPSA) is 55.8 Å². The largest absolute Gasteiger partial charge is 0.445 e. The van der Waals surface area contributed by atoms with Gasteiger partial charge in [0, 0.05) is 19.0 Å². The Kier molecular flexibility index (Phi) is 9.47. The lowest BCUT2D eigenvalue weighted by atomic mass is 9.79. The predicted octanol–water partition coefficient (Wildman–Crippen LogP) is 5.53. The Hall–Kier alpha value is -2.18. The number of rotatable bonds is 11. The normalized spacial score (nSPS) is 13.3. The van der Waals surface area contributed by atoms with E-state index in [-0.39, 0.29) is 35.8 Å². The van der Waals surface area contributed by atoms with Crippen molar-refractivity contribution in [2.75, 3.05) is 32.1 Å². The van der Waals surface area contributed by atoms with E-state index in [0.29, 0.717) is 13.2 Å². The van der Waals surface area contributed by atoms with Crippen molar-refractivity contribution in [3.05, 3.63) is 71.3 Å². The number of hydrogen-bond donors (Lipinski definition) is 0. The molecule has 0 aliphatic carbocycles. The van der Waals surface area contributed by atoms with Crippen LogP contribution in [0.25, 0.3) is 0 Å². The van der Waals surface area contributed by atoms with Gasteiger partial charge in [-0.3, -0.25) is 4.79 Å². The van der Waals surface area contributed by atoms with Crippen LogP contribution in [0.3, 0.4) is 0 Å². The first kappa shape index (κ1) is 26.1. The number of halogens is 1. The summed E-state index contributed by atoms with van der Waals surface area (Å²) in [6.45, 7) is 9.38. The van der Waals surface area contributed by atoms with Gasteiger partial charge in [-0.1, -0.05) is 89.9 Å². The van der Waals surface area contributed by atoms with Gasteiger partial charge in [-0.2, -0.15) is 0 Å². The molecule has 5 nitrogen and oxygen atoms in total. The molecule has 6 heteroatoms. The third-order valence-electron chi connectivity index (χ3n) is 5.46. The minimum absolute atomic E-state index is 0.0718. The van der Waals surface area contributed by atoms with Gasteiger partial charge in [-0.05, 0) is 25.0 Å². The van der Waals surface area contributed by atoms with Crippen molar-refractivity contribution in [1.82, 2.24) is 4.90 Å².